The van der Waals surface area contributed by atoms with Gasteiger partial charge < -0.3 is 10.2 Å². The highest BCUT2D eigenvalue weighted by Gasteiger charge is 2.58. The molecule has 0 aromatic carbocycles. The zero-order valence-electron chi connectivity index (χ0n) is 9.20. The molecule has 0 aromatic rings. The molecule has 0 aromatic heterocycles. The molecule has 2 amide bonds. The molecule has 0 unspecified atom stereocenters. The van der Waals surface area contributed by atoms with Gasteiger partial charge in [-0.25, -0.2) is 4.79 Å². The summed E-state index contributed by atoms with van der Waals surface area (Å²) in [5, 5.41) is 1.99. The van der Waals surface area contributed by atoms with E-state index in [2.05, 4.69) is 0 Å². The topological polar surface area (TPSA) is 32.3 Å². The first kappa shape index (κ1) is 12.1. The van der Waals surface area contributed by atoms with Crippen LogP contribution in [0.3, 0.4) is 0 Å². The van der Waals surface area contributed by atoms with Crippen molar-refractivity contribution in [1.29, 1.82) is 0 Å². The third-order valence-electron chi connectivity index (χ3n) is 2.54. The predicted molar refractivity (Wildman–Crippen MR) is 49.5 cm³/mol. The summed E-state index contributed by atoms with van der Waals surface area (Å²) in [7, 11) is 0. The van der Waals surface area contributed by atoms with Crippen molar-refractivity contribution < 1.29 is 18.0 Å². The van der Waals surface area contributed by atoms with Crippen molar-refractivity contribution in [3.8, 4) is 0 Å². The van der Waals surface area contributed by atoms with Crippen LogP contribution in [0.25, 0.3) is 0 Å². The van der Waals surface area contributed by atoms with Gasteiger partial charge in [0.2, 0.25) is 0 Å². The standard InChI is InChI=1S/C9H15F3N2O/c1-7(2,3)14-5-8(4,9(10,11)12)13-6(14)15/h5H2,1-4H3,(H,13,15)/t8-/m0/s1. The van der Waals surface area contributed by atoms with Gasteiger partial charge in [0.1, 0.15) is 0 Å². The molecule has 1 saturated heterocycles. The molecule has 0 bridgehead atoms. The van der Waals surface area contributed by atoms with E-state index in [-0.39, 0.29) is 6.54 Å². The summed E-state index contributed by atoms with van der Waals surface area (Å²) in [5.74, 6) is 0. The van der Waals surface area contributed by atoms with Gasteiger partial charge in [-0.15, -0.1) is 0 Å². The number of hydrogen-bond acceptors (Lipinski definition) is 1. The van der Waals surface area contributed by atoms with E-state index < -0.39 is 23.3 Å². The van der Waals surface area contributed by atoms with Gasteiger partial charge in [-0.2, -0.15) is 13.2 Å². The molecule has 15 heavy (non-hydrogen) atoms. The molecule has 88 valence electrons. The molecule has 0 aliphatic carbocycles. The van der Waals surface area contributed by atoms with Crippen LogP contribution in [0.5, 0.6) is 0 Å². The summed E-state index contributed by atoms with van der Waals surface area (Å²) in [4.78, 5) is 12.6. The van der Waals surface area contributed by atoms with Crippen molar-refractivity contribution in [1.82, 2.24) is 10.2 Å². The molecule has 1 aliphatic rings. The number of carbonyl (C=O) groups excluding carboxylic acids is 1. The lowest BCUT2D eigenvalue weighted by atomic mass is 10.0. The van der Waals surface area contributed by atoms with Crippen molar-refractivity contribution in [2.24, 2.45) is 0 Å². The molecule has 1 aliphatic heterocycles. The first-order valence-corrected chi connectivity index (χ1v) is 4.64. The Bertz CT molecular complexity index is 282. The van der Waals surface area contributed by atoms with Gasteiger partial charge in [-0.3, -0.25) is 0 Å². The average Bonchev–Trinajstić information content (AvgIpc) is 2.24. The monoisotopic (exact) mass is 224 g/mol. The molecule has 3 nitrogen and oxygen atoms in total. The first-order chi connectivity index (χ1) is 6.47. The van der Waals surface area contributed by atoms with Crippen molar-refractivity contribution >= 4 is 6.03 Å². The minimum Gasteiger partial charge on any atom is -0.322 e. The molecule has 1 fully saturated rings. The number of hydrogen-bond donors (Lipinski definition) is 1. The quantitative estimate of drug-likeness (QED) is 0.671. The van der Waals surface area contributed by atoms with Gasteiger partial charge in [0, 0.05) is 5.54 Å². The highest BCUT2D eigenvalue weighted by Crippen LogP contribution is 2.36. The Hall–Kier alpha value is -0.940. The van der Waals surface area contributed by atoms with E-state index in [1.165, 1.54) is 4.90 Å². The van der Waals surface area contributed by atoms with Crippen molar-refractivity contribution in [2.75, 3.05) is 6.54 Å². The summed E-state index contributed by atoms with van der Waals surface area (Å²) in [6.45, 7) is 5.76. The third-order valence-corrected chi connectivity index (χ3v) is 2.54. The second kappa shape index (κ2) is 3.02. The SMILES string of the molecule is CC(C)(C)N1C[C@@](C)(C(F)(F)F)NC1=O. The molecule has 0 spiro atoms. The lowest BCUT2D eigenvalue weighted by Gasteiger charge is -2.32. The zero-order chi connectivity index (χ0) is 12.1. The van der Waals surface area contributed by atoms with E-state index in [0.717, 1.165) is 6.92 Å². The summed E-state index contributed by atoms with van der Waals surface area (Å²) < 4.78 is 37.9. The van der Waals surface area contributed by atoms with Crippen LogP contribution in [0.4, 0.5) is 18.0 Å². The van der Waals surface area contributed by atoms with Gasteiger partial charge in [0.15, 0.2) is 5.54 Å². The second-order valence-corrected chi connectivity index (χ2v) is 5.02. The number of alkyl halides is 3. The third kappa shape index (κ3) is 2.03. The first-order valence-electron chi connectivity index (χ1n) is 4.64. The van der Waals surface area contributed by atoms with Crippen LogP contribution >= 0.6 is 0 Å². The molecule has 1 heterocycles. The van der Waals surface area contributed by atoms with Crippen LogP contribution in [0, 0.1) is 0 Å². The van der Waals surface area contributed by atoms with Gasteiger partial charge in [-0.1, -0.05) is 0 Å². The highest BCUT2D eigenvalue weighted by molar-refractivity contribution is 5.78. The van der Waals surface area contributed by atoms with E-state index in [1.807, 2.05) is 5.32 Å². The van der Waals surface area contributed by atoms with Gasteiger partial charge in [-0.05, 0) is 27.7 Å². The largest absolute Gasteiger partial charge is 0.413 e. The maximum Gasteiger partial charge on any atom is 0.413 e. The summed E-state index contributed by atoms with van der Waals surface area (Å²) in [6.07, 6.45) is -4.43. The van der Waals surface area contributed by atoms with Gasteiger partial charge >= 0.3 is 12.2 Å². The van der Waals surface area contributed by atoms with E-state index in [1.54, 1.807) is 20.8 Å². The second-order valence-electron chi connectivity index (χ2n) is 5.02. The normalized spacial score (nSPS) is 28.2. The predicted octanol–water partition coefficient (Wildman–Crippen LogP) is 2.13. The van der Waals surface area contributed by atoms with Gasteiger partial charge in [0.25, 0.3) is 0 Å². The number of nitrogens with zero attached hydrogens (tertiary/aromatic N) is 1. The summed E-state index contributed by atoms with van der Waals surface area (Å²) in [6, 6.07) is -0.665. The van der Waals surface area contributed by atoms with Crippen molar-refractivity contribution in [3.05, 3.63) is 0 Å². The highest BCUT2D eigenvalue weighted by atomic mass is 19.4. The molecule has 0 radical (unpaired) electrons. The van der Waals surface area contributed by atoms with Crippen molar-refractivity contribution in [2.45, 2.75) is 44.9 Å². The Morgan fingerprint density at radius 3 is 2.00 bits per heavy atom. The Labute approximate surface area is 86.6 Å². The molecule has 1 atom stereocenters. The fourth-order valence-corrected chi connectivity index (χ4v) is 1.43. The van der Waals surface area contributed by atoms with Crippen LogP contribution in [-0.2, 0) is 0 Å². The van der Waals surface area contributed by atoms with Gasteiger partial charge in [0.05, 0.1) is 6.54 Å². The molecular weight excluding hydrogens is 209 g/mol. The van der Waals surface area contributed by atoms with Crippen LogP contribution < -0.4 is 5.32 Å². The minimum absolute atomic E-state index is 0.348. The number of urea groups is 1. The maximum absolute atomic E-state index is 12.6. The molecule has 1 N–H and O–H groups in total. The molecule has 6 heteroatoms. The minimum atomic E-state index is -4.43. The van der Waals surface area contributed by atoms with Crippen molar-refractivity contribution in [3.63, 3.8) is 0 Å². The number of amides is 2. The molecule has 1 rings (SSSR count). The van der Waals surface area contributed by atoms with E-state index >= 15 is 0 Å². The Kier molecular flexibility index (Phi) is 2.45. The maximum atomic E-state index is 12.6. The fourth-order valence-electron chi connectivity index (χ4n) is 1.43. The molecular formula is C9H15F3N2O. The average molecular weight is 224 g/mol. The number of rotatable bonds is 0. The molecule has 0 saturated carbocycles. The summed E-state index contributed by atoms with van der Waals surface area (Å²) >= 11 is 0. The smallest absolute Gasteiger partial charge is 0.322 e. The number of nitrogens with one attached hydrogen (secondary N) is 1. The Balaban J connectivity index is 2.94. The Morgan fingerprint density at radius 2 is 1.80 bits per heavy atom. The summed E-state index contributed by atoms with van der Waals surface area (Å²) in [5.41, 5.74) is -2.75. The van der Waals surface area contributed by atoms with E-state index in [9.17, 15) is 18.0 Å². The lowest BCUT2D eigenvalue weighted by Crippen LogP contribution is -2.53. The van der Waals surface area contributed by atoms with Crippen LogP contribution in [0.15, 0.2) is 0 Å². The number of carbonyl (C=O) groups is 1. The van der Waals surface area contributed by atoms with Crippen LogP contribution in [0.2, 0.25) is 0 Å². The van der Waals surface area contributed by atoms with Crippen LogP contribution in [-0.4, -0.2) is 34.7 Å². The number of halogens is 3. The van der Waals surface area contributed by atoms with E-state index in [4.69, 9.17) is 0 Å². The fraction of sp³-hybridized carbons (Fsp3) is 0.889. The lowest BCUT2D eigenvalue weighted by molar-refractivity contribution is -0.184. The Morgan fingerprint density at radius 1 is 1.33 bits per heavy atom. The zero-order valence-corrected chi connectivity index (χ0v) is 9.20. The van der Waals surface area contributed by atoms with E-state index in [0.29, 0.717) is 0 Å². The van der Waals surface area contributed by atoms with Crippen LogP contribution in [0.1, 0.15) is 27.7 Å².